The Morgan fingerprint density at radius 1 is 1.00 bits per heavy atom. The van der Waals surface area contributed by atoms with Gasteiger partial charge in [-0.2, -0.15) is 0 Å². The normalized spacial score (nSPS) is 48.6. The molecule has 0 saturated heterocycles. The summed E-state index contributed by atoms with van der Waals surface area (Å²) in [4.78, 5) is 23.7. The van der Waals surface area contributed by atoms with E-state index in [2.05, 4.69) is 26.8 Å². The largest absolute Gasteiger partial charge is 0.462 e. The summed E-state index contributed by atoms with van der Waals surface area (Å²) >= 11 is 0. The highest BCUT2D eigenvalue weighted by atomic mass is 16.5. The van der Waals surface area contributed by atoms with Crippen molar-refractivity contribution < 1.29 is 24.2 Å². The van der Waals surface area contributed by atoms with Crippen LogP contribution in [0, 0.1) is 34.5 Å². The van der Waals surface area contributed by atoms with Gasteiger partial charge in [-0.15, -0.1) is 0 Å². The maximum atomic E-state index is 12.0. The van der Waals surface area contributed by atoms with E-state index in [4.69, 9.17) is 9.47 Å². The van der Waals surface area contributed by atoms with E-state index < -0.39 is 6.10 Å². The maximum absolute atomic E-state index is 12.0. The Morgan fingerprint density at radius 3 is 2.34 bits per heavy atom. The van der Waals surface area contributed by atoms with Gasteiger partial charge < -0.3 is 14.6 Å². The molecule has 0 heterocycles. The highest BCUT2D eigenvalue weighted by molar-refractivity contribution is 5.67. The second-order valence-corrected chi connectivity index (χ2v) is 10.6. The minimum absolute atomic E-state index is 0.0475. The average Bonchev–Trinajstić information content (AvgIpc) is 2.95. The van der Waals surface area contributed by atoms with E-state index in [1.165, 1.54) is 13.8 Å². The standard InChI is InChI=1S/C24H36O5/c1-13-8-10-23(4)17-9-11-24(5)16(6-7-20(24)29-15(3)26)21(17)19(28-14(2)25)12-18(23)22(13)27/h12-13,16-17,19-22,27H,6-11H2,1-5H3/t13-,16?,17?,19?,20-,21?,22-,23?,24?/m0/s1. The summed E-state index contributed by atoms with van der Waals surface area (Å²) < 4.78 is 11.6. The molecule has 162 valence electrons. The summed E-state index contributed by atoms with van der Waals surface area (Å²) in [5.41, 5.74) is 0.962. The van der Waals surface area contributed by atoms with Crippen molar-refractivity contribution in [3.05, 3.63) is 11.6 Å². The van der Waals surface area contributed by atoms with Crippen molar-refractivity contribution in [1.82, 2.24) is 0 Å². The number of fused-ring (bicyclic) bond motifs is 5. The maximum Gasteiger partial charge on any atom is 0.303 e. The van der Waals surface area contributed by atoms with Gasteiger partial charge in [-0.3, -0.25) is 9.59 Å². The lowest BCUT2D eigenvalue weighted by atomic mass is 9.46. The van der Waals surface area contributed by atoms with Crippen molar-refractivity contribution in [2.45, 2.75) is 91.5 Å². The van der Waals surface area contributed by atoms with Gasteiger partial charge in [-0.05, 0) is 73.3 Å². The molecule has 29 heavy (non-hydrogen) atoms. The third kappa shape index (κ3) is 3.15. The van der Waals surface area contributed by atoms with Crippen molar-refractivity contribution in [3.8, 4) is 0 Å². The monoisotopic (exact) mass is 404 g/mol. The Labute approximate surface area is 174 Å². The summed E-state index contributed by atoms with van der Waals surface area (Å²) in [7, 11) is 0. The van der Waals surface area contributed by atoms with Crippen molar-refractivity contribution in [2.24, 2.45) is 34.5 Å². The molecule has 0 radical (unpaired) electrons. The predicted octanol–water partition coefficient (Wildman–Crippen LogP) is 4.03. The number of hydrogen-bond donors (Lipinski definition) is 1. The molecule has 9 atom stereocenters. The Balaban J connectivity index is 1.75. The smallest absolute Gasteiger partial charge is 0.303 e. The minimum atomic E-state index is -0.460. The third-order valence-corrected chi connectivity index (χ3v) is 9.03. The van der Waals surface area contributed by atoms with Crippen LogP contribution in [0.5, 0.6) is 0 Å². The topological polar surface area (TPSA) is 72.8 Å². The number of carbonyl (C=O) groups is 2. The number of carbonyl (C=O) groups excluding carboxylic acids is 2. The molecule has 6 unspecified atom stereocenters. The van der Waals surface area contributed by atoms with Gasteiger partial charge in [-0.25, -0.2) is 0 Å². The molecule has 4 rings (SSSR count). The Bertz CT molecular complexity index is 729. The van der Waals surface area contributed by atoms with Crippen molar-refractivity contribution in [2.75, 3.05) is 0 Å². The highest BCUT2D eigenvalue weighted by Gasteiger charge is 2.63. The van der Waals surface area contributed by atoms with E-state index >= 15 is 0 Å². The number of hydrogen-bond acceptors (Lipinski definition) is 5. The van der Waals surface area contributed by atoms with Gasteiger partial charge in [-0.1, -0.05) is 20.8 Å². The van der Waals surface area contributed by atoms with E-state index in [9.17, 15) is 14.7 Å². The molecule has 0 spiro atoms. The van der Waals surface area contributed by atoms with E-state index in [0.29, 0.717) is 11.8 Å². The number of aliphatic hydroxyl groups excluding tert-OH is 1. The lowest BCUT2D eigenvalue weighted by Crippen LogP contribution is -2.57. The first-order chi connectivity index (χ1) is 13.6. The fraction of sp³-hybridized carbons (Fsp3) is 0.833. The van der Waals surface area contributed by atoms with E-state index in [0.717, 1.165) is 44.1 Å². The molecule has 0 aromatic carbocycles. The quantitative estimate of drug-likeness (QED) is 0.556. The van der Waals surface area contributed by atoms with Crippen LogP contribution in [0.3, 0.4) is 0 Å². The van der Waals surface area contributed by atoms with Crippen LogP contribution >= 0.6 is 0 Å². The van der Waals surface area contributed by atoms with Gasteiger partial charge in [0.1, 0.15) is 12.2 Å². The van der Waals surface area contributed by atoms with Crippen LogP contribution in [-0.4, -0.2) is 35.4 Å². The number of rotatable bonds is 2. The second-order valence-electron chi connectivity index (χ2n) is 10.6. The highest BCUT2D eigenvalue weighted by Crippen LogP contribution is 2.65. The molecular weight excluding hydrogens is 368 g/mol. The van der Waals surface area contributed by atoms with Gasteiger partial charge in [0.2, 0.25) is 0 Å². The Hall–Kier alpha value is -1.36. The minimum Gasteiger partial charge on any atom is -0.462 e. The van der Waals surface area contributed by atoms with Gasteiger partial charge >= 0.3 is 11.9 Å². The summed E-state index contributed by atoms with van der Waals surface area (Å²) in [6.45, 7) is 9.65. The molecule has 5 nitrogen and oxygen atoms in total. The molecular formula is C24H36O5. The number of ether oxygens (including phenoxy) is 2. The SMILES string of the molecule is CC(=O)OC1C=C2[C@@H](O)[C@@H](C)CCC2(C)C2CCC3(C)C(CC[C@@H]3OC(C)=O)C12. The Kier molecular flexibility index (Phi) is 5.12. The average molecular weight is 405 g/mol. The Morgan fingerprint density at radius 2 is 1.69 bits per heavy atom. The molecule has 4 aliphatic rings. The molecule has 4 aliphatic carbocycles. The van der Waals surface area contributed by atoms with Crippen LogP contribution in [0.25, 0.3) is 0 Å². The van der Waals surface area contributed by atoms with Crippen LogP contribution in [0.1, 0.15) is 73.1 Å². The van der Waals surface area contributed by atoms with Crippen molar-refractivity contribution in [3.63, 3.8) is 0 Å². The first kappa shape index (κ1) is 20.9. The van der Waals surface area contributed by atoms with Crippen molar-refractivity contribution >= 4 is 11.9 Å². The lowest BCUT2D eigenvalue weighted by molar-refractivity contribution is -0.167. The fourth-order valence-electron chi connectivity index (χ4n) is 7.50. The molecule has 3 fully saturated rings. The molecule has 1 N–H and O–H groups in total. The van der Waals surface area contributed by atoms with Gasteiger partial charge in [0, 0.05) is 25.2 Å². The van der Waals surface area contributed by atoms with E-state index in [1.807, 2.05) is 0 Å². The van der Waals surface area contributed by atoms with Gasteiger partial charge in [0.25, 0.3) is 0 Å². The summed E-state index contributed by atoms with van der Waals surface area (Å²) in [6.07, 6.45) is 7.26. The zero-order valence-electron chi connectivity index (χ0n) is 18.4. The van der Waals surface area contributed by atoms with Crippen LogP contribution in [0.2, 0.25) is 0 Å². The summed E-state index contributed by atoms with van der Waals surface area (Å²) in [5, 5.41) is 11.0. The zero-order valence-corrected chi connectivity index (χ0v) is 18.4. The first-order valence-corrected chi connectivity index (χ1v) is 11.3. The second kappa shape index (κ2) is 7.11. The van der Waals surface area contributed by atoms with Crippen LogP contribution in [0.15, 0.2) is 11.6 Å². The molecule has 5 heteroatoms. The summed E-state index contributed by atoms with van der Waals surface area (Å²) in [6, 6.07) is 0. The molecule has 0 aromatic heterocycles. The zero-order chi connectivity index (χ0) is 21.1. The summed E-state index contributed by atoms with van der Waals surface area (Å²) in [5.74, 6) is 0.696. The van der Waals surface area contributed by atoms with Crippen LogP contribution in [0.4, 0.5) is 0 Å². The molecule has 0 bridgehead atoms. The number of esters is 2. The molecule has 3 saturated carbocycles. The third-order valence-electron chi connectivity index (χ3n) is 9.03. The molecule has 0 amide bonds. The number of aliphatic hydroxyl groups is 1. The van der Waals surface area contributed by atoms with Gasteiger partial charge in [0.05, 0.1) is 6.10 Å². The lowest BCUT2D eigenvalue weighted by Gasteiger charge is -2.59. The molecule has 0 aliphatic heterocycles. The first-order valence-electron chi connectivity index (χ1n) is 11.3. The predicted molar refractivity (Wildman–Crippen MR) is 109 cm³/mol. The fourth-order valence-corrected chi connectivity index (χ4v) is 7.50. The van der Waals surface area contributed by atoms with Crippen LogP contribution in [-0.2, 0) is 19.1 Å². The van der Waals surface area contributed by atoms with Crippen LogP contribution < -0.4 is 0 Å². The molecule has 0 aromatic rings. The van der Waals surface area contributed by atoms with Gasteiger partial charge in [0.15, 0.2) is 0 Å². The van der Waals surface area contributed by atoms with Crippen molar-refractivity contribution in [1.29, 1.82) is 0 Å². The van der Waals surface area contributed by atoms with E-state index in [1.54, 1.807) is 0 Å². The van der Waals surface area contributed by atoms with E-state index in [-0.39, 0.29) is 46.8 Å².